The van der Waals surface area contributed by atoms with Gasteiger partial charge in [-0.25, -0.2) is 12.7 Å². The van der Waals surface area contributed by atoms with Crippen molar-refractivity contribution in [1.82, 2.24) is 4.31 Å². The van der Waals surface area contributed by atoms with Crippen LogP contribution in [0.5, 0.6) is 0 Å². The molecule has 4 nitrogen and oxygen atoms in total. The van der Waals surface area contributed by atoms with E-state index in [1.54, 1.807) is 4.31 Å². The molecular formula is C12H24N2O2S. The molecule has 1 heterocycles. The summed E-state index contributed by atoms with van der Waals surface area (Å²) in [7, 11) is -3.15. The van der Waals surface area contributed by atoms with Gasteiger partial charge in [-0.15, -0.1) is 0 Å². The standard InChI is InChI=1S/C12H24N2O2S/c1-9-5-10(2)7-14(6-9)17(15,16)8-12(13)11-3-4-11/h9-12H,3-8,13H2,1-2H3. The molecule has 2 rings (SSSR count). The van der Waals surface area contributed by atoms with E-state index in [0.29, 0.717) is 30.8 Å². The van der Waals surface area contributed by atoms with Crippen molar-refractivity contribution in [3.05, 3.63) is 0 Å². The summed E-state index contributed by atoms with van der Waals surface area (Å²) in [6, 6.07) is -0.160. The van der Waals surface area contributed by atoms with Crippen LogP contribution in [0.15, 0.2) is 0 Å². The number of hydrogen-bond acceptors (Lipinski definition) is 3. The van der Waals surface area contributed by atoms with Crippen LogP contribution in [-0.2, 0) is 10.0 Å². The Morgan fingerprint density at radius 3 is 2.24 bits per heavy atom. The lowest BCUT2D eigenvalue weighted by molar-refractivity contribution is 0.222. The Bertz CT molecular complexity index is 355. The van der Waals surface area contributed by atoms with Gasteiger partial charge in [0.1, 0.15) is 0 Å². The Morgan fingerprint density at radius 1 is 1.24 bits per heavy atom. The van der Waals surface area contributed by atoms with Gasteiger partial charge in [0.15, 0.2) is 0 Å². The predicted molar refractivity (Wildman–Crippen MR) is 69.0 cm³/mol. The Hall–Kier alpha value is -0.130. The minimum absolute atomic E-state index is 0.136. The minimum atomic E-state index is -3.15. The van der Waals surface area contributed by atoms with Crippen molar-refractivity contribution in [2.24, 2.45) is 23.5 Å². The monoisotopic (exact) mass is 260 g/mol. The van der Waals surface area contributed by atoms with Gasteiger partial charge in [-0.3, -0.25) is 0 Å². The molecule has 0 radical (unpaired) electrons. The third-order valence-corrected chi connectivity index (χ3v) is 5.75. The maximum Gasteiger partial charge on any atom is 0.215 e. The number of rotatable bonds is 4. The smallest absolute Gasteiger partial charge is 0.215 e. The summed E-state index contributed by atoms with van der Waals surface area (Å²) in [5.41, 5.74) is 5.94. The van der Waals surface area contributed by atoms with Gasteiger partial charge < -0.3 is 5.73 Å². The van der Waals surface area contributed by atoms with E-state index in [1.807, 2.05) is 0 Å². The second-order valence-electron chi connectivity index (χ2n) is 6.04. The SMILES string of the molecule is CC1CC(C)CN(S(=O)(=O)CC(N)C2CC2)C1. The van der Waals surface area contributed by atoms with Crippen LogP contribution in [0, 0.1) is 17.8 Å². The molecule has 2 aliphatic rings. The molecule has 3 unspecified atom stereocenters. The number of sulfonamides is 1. The lowest BCUT2D eigenvalue weighted by atomic mass is 9.94. The summed E-state index contributed by atoms with van der Waals surface area (Å²) in [5.74, 6) is 1.51. The molecular weight excluding hydrogens is 236 g/mol. The average molecular weight is 260 g/mol. The Morgan fingerprint density at radius 2 is 1.76 bits per heavy atom. The van der Waals surface area contributed by atoms with Crippen molar-refractivity contribution in [3.8, 4) is 0 Å². The van der Waals surface area contributed by atoms with E-state index in [1.165, 1.54) is 0 Å². The highest BCUT2D eigenvalue weighted by Crippen LogP contribution is 2.33. The van der Waals surface area contributed by atoms with Crippen molar-refractivity contribution >= 4 is 10.0 Å². The van der Waals surface area contributed by atoms with Gasteiger partial charge in [0.2, 0.25) is 10.0 Å². The third kappa shape index (κ3) is 3.42. The molecule has 5 heteroatoms. The molecule has 0 bridgehead atoms. The molecule has 3 atom stereocenters. The highest BCUT2D eigenvalue weighted by molar-refractivity contribution is 7.89. The molecule has 1 saturated carbocycles. The quantitative estimate of drug-likeness (QED) is 0.821. The van der Waals surface area contributed by atoms with Gasteiger partial charge in [0.25, 0.3) is 0 Å². The maximum absolute atomic E-state index is 12.3. The summed E-state index contributed by atoms with van der Waals surface area (Å²) < 4.78 is 26.2. The zero-order valence-corrected chi connectivity index (χ0v) is 11.6. The first-order valence-electron chi connectivity index (χ1n) is 6.62. The average Bonchev–Trinajstić information content (AvgIpc) is 2.97. The summed E-state index contributed by atoms with van der Waals surface area (Å²) in [4.78, 5) is 0. The molecule has 1 saturated heterocycles. The molecule has 0 amide bonds. The van der Waals surface area contributed by atoms with Gasteiger partial charge in [-0.05, 0) is 37.0 Å². The topological polar surface area (TPSA) is 63.4 Å². The van der Waals surface area contributed by atoms with E-state index in [0.717, 1.165) is 19.3 Å². The summed E-state index contributed by atoms with van der Waals surface area (Å²) in [6.07, 6.45) is 3.33. The first-order valence-corrected chi connectivity index (χ1v) is 8.23. The number of nitrogens with zero attached hydrogens (tertiary/aromatic N) is 1. The van der Waals surface area contributed by atoms with Crippen molar-refractivity contribution in [3.63, 3.8) is 0 Å². The van der Waals surface area contributed by atoms with Crippen molar-refractivity contribution in [2.45, 2.75) is 39.2 Å². The fourth-order valence-electron chi connectivity index (χ4n) is 2.84. The summed E-state index contributed by atoms with van der Waals surface area (Å²) in [6.45, 7) is 5.59. The van der Waals surface area contributed by atoms with Crippen molar-refractivity contribution in [1.29, 1.82) is 0 Å². The lowest BCUT2D eigenvalue weighted by Crippen LogP contribution is -2.46. The van der Waals surface area contributed by atoms with E-state index in [-0.39, 0.29) is 11.8 Å². The van der Waals surface area contributed by atoms with Gasteiger partial charge in [-0.1, -0.05) is 13.8 Å². The maximum atomic E-state index is 12.3. The van der Waals surface area contributed by atoms with Crippen LogP contribution in [0.2, 0.25) is 0 Å². The summed E-state index contributed by atoms with van der Waals surface area (Å²) in [5, 5.41) is 0. The van der Waals surface area contributed by atoms with Crippen molar-refractivity contribution in [2.75, 3.05) is 18.8 Å². The molecule has 2 fully saturated rings. The van der Waals surface area contributed by atoms with Gasteiger partial charge in [0, 0.05) is 19.1 Å². The van der Waals surface area contributed by atoms with Gasteiger partial charge >= 0.3 is 0 Å². The highest BCUT2D eigenvalue weighted by atomic mass is 32.2. The first-order chi connectivity index (χ1) is 7.88. The molecule has 2 N–H and O–H groups in total. The summed E-state index contributed by atoms with van der Waals surface area (Å²) >= 11 is 0. The van der Waals surface area contributed by atoms with Crippen LogP contribution in [-0.4, -0.2) is 37.6 Å². The van der Waals surface area contributed by atoms with Crippen LogP contribution in [0.1, 0.15) is 33.1 Å². The van der Waals surface area contributed by atoms with E-state index >= 15 is 0 Å². The molecule has 100 valence electrons. The molecule has 0 aromatic rings. The molecule has 17 heavy (non-hydrogen) atoms. The lowest BCUT2D eigenvalue weighted by Gasteiger charge is -2.34. The van der Waals surface area contributed by atoms with E-state index in [4.69, 9.17) is 5.73 Å². The van der Waals surface area contributed by atoms with E-state index in [9.17, 15) is 8.42 Å². The molecule has 0 aromatic carbocycles. The fraction of sp³-hybridized carbons (Fsp3) is 1.00. The minimum Gasteiger partial charge on any atom is -0.326 e. The van der Waals surface area contributed by atoms with Gasteiger partial charge in [0.05, 0.1) is 5.75 Å². The molecule has 1 aliphatic carbocycles. The van der Waals surface area contributed by atoms with Gasteiger partial charge in [-0.2, -0.15) is 0 Å². The zero-order chi connectivity index (χ0) is 12.6. The normalized spacial score (nSPS) is 33.6. The zero-order valence-electron chi connectivity index (χ0n) is 10.8. The Kier molecular flexibility index (Phi) is 3.80. The molecule has 0 aromatic heterocycles. The highest BCUT2D eigenvalue weighted by Gasteiger charge is 2.36. The second kappa shape index (κ2) is 4.86. The van der Waals surface area contributed by atoms with Crippen molar-refractivity contribution < 1.29 is 8.42 Å². The predicted octanol–water partition coefficient (Wildman–Crippen LogP) is 1.03. The van der Waals surface area contributed by atoms with Crippen LogP contribution in [0.25, 0.3) is 0 Å². The van der Waals surface area contributed by atoms with E-state index in [2.05, 4.69) is 13.8 Å². The first kappa shape index (κ1) is 13.3. The Balaban J connectivity index is 1.98. The molecule has 0 spiro atoms. The third-order valence-electron chi connectivity index (χ3n) is 3.86. The van der Waals surface area contributed by atoms with E-state index < -0.39 is 10.0 Å². The van der Waals surface area contributed by atoms with Crippen LogP contribution in [0.3, 0.4) is 0 Å². The second-order valence-corrected chi connectivity index (χ2v) is 8.06. The van der Waals surface area contributed by atoms with Crippen LogP contribution in [0.4, 0.5) is 0 Å². The molecule has 1 aliphatic heterocycles. The number of nitrogens with two attached hydrogens (primary N) is 1. The Labute approximate surface area is 105 Å². The van der Waals surface area contributed by atoms with Crippen LogP contribution < -0.4 is 5.73 Å². The van der Waals surface area contributed by atoms with Crippen LogP contribution >= 0.6 is 0 Å². The number of piperidine rings is 1. The fourth-order valence-corrected chi connectivity index (χ4v) is 4.77. The number of hydrogen-bond donors (Lipinski definition) is 1. The largest absolute Gasteiger partial charge is 0.326 e.